The Morgan fingerprint density at radius 1 is 1.41 bits per heavy atom. The van der Waals surface area contributed by atoms with Crippen LogP contribution in [0.1, 0.15) is 12.8 Å². The molecule has 3 nitrogen and oxygen atoms in total. The average molecular weight is 250 g/mol. The minimum Gasteiger partial charge on any atom is -0.338 e. The highest BCUT2D eigenvalue weighted by atomic mass is 35.5. The van der Waals surface area contributed by atoms with Gasteiger partial charge in [-0.05, 0) is 25.0 Å². The highest BCUT2D eigenvalue weighted by molar-refractivity contribution is 6.18. The lowest BCUT2D eigenvalue weighted by Crippen LogP contribution is -2.30. The van der Waals surface area contributed by atoms with Crippen molar-refractivity contribution >= 4 is 28.6 Å². The molecule has 1 fully saturated rings. The van der Waals surface area contributed by atoms with E-state index in [1.807, 2.05) is 6.07 Å². The van der Waals surface area contributed by atoms with Gasteiger partial charge in [0.05, 0.1) is 11.0 Å². The van der Waals surface area contributed by atoms with Crippen molar-refractivity contribution in [3.8, 4) is 0 Å². The van der Waals surface area contributed by atoms with E-state index in [0.717, 1.165) is 18.0 Å². The summed E-state index contributed by atoms with van der Waals surface area (Å²) in [6.45, 7) is 0.878. The van der Waals surface area contributed by atoms with Crippen LogP contribution < -0.4 is 4.90 Å². The summed E-state index contributed by atoms with van der Waals surface area (Å²) >= 11 is 5.89. The van der Waals surface area contributed by atoms with Gasteiger partial charge in [0.25, 0.3) is 0 Å². The number of anilines is 1. The first kappa shape index (κ1) is 10.9. The number of benzene rings is 1. The Kier molecular flexibility index (Phi) is 2.71. The molecule has 3 rings (SSSR count). The second-order valence-electron chi connectivity index (χ2n) is 4.57. The number of aromatic nitrogens is 2. The fourth-order valence-electron chi connectivity index (χ4n) is 2.31. The monoisotopic (exact) mass is 249 g/mol. The van der Waals surface area contributed by atoms with Gasteiger partial charge < -0.3 is 9.47 Å². The van der Waals surface area contributed by atoms with Gasteiger partial charge >= 0.3 is 0 Å². The Hall–Kier alpha value is -1.22. The van der Waals surface area contributed by atoms with E-state index in [-0.39, 0.29) is 0 Å². The lowest BCUT2D eigenvalue weighted by Gasteiger charge is -2.22. The van der Waals surface area contributed by atoms with Gasteiger partial charge in [0, 0.05) is 25.5 Å². The number of fused-ring (bicyclic) bond motifs is 1. The van der Waals surface area contributed by atoms with Crippen molar-refractivity contribution < 1.29 is 0 Å². The highest BCUT2D eigenvalue weighted by Gasteiger charge is 2.31. The normalized spacial score (nSPS) is 15.4. The van der Waals surface area contributed by atoms with Gasteiger partial charge in [-0.25, -0.2) is 4.98 Å². The van der Waals surface area contributed by atoms with Crippen molar-refractivity contribution in [1.29, 1.82) is 0 Å². The van der Waals surface area contributed by atoms with E-state index in [4.69, 9.17) is 16.6 Å². The Bertz CT molecular complexity index is 530. The van der Waals surface area contributed by atoms with E-state index < -0.39 is 0 Å². The molecule has 17 heavy (non-hydrogen) atoms. The molecule has 0 amide bonds. The number of alkyl halides is 1. The van der Waals surface area contributed by atoms with Crippen molar-refractivity contribution in [3.05, 3.63) is 24.3 Å². The maximum absolute atomic E-state index is 5.89. The third-order valence-electron chi connectivity index (χ3n) is 3.33. The second kappa shape index (κ2) is 4.22. The zero-order valence-electron chi connectivity index (χ0n) is 9.93. The lowest BCUT2D eigenvalue weighted by molar-refractivity contribution is 0.760. The molecule has 4 heteroatoms. The first-order valence-electron chi connectivity index (χ1n) is 6.05. The Morgan fingerprint density at radius 3 is 2.82 bits per heavy atom. The van der Waals surface area contributed by atoms with Crippen LogP contribution in [0.4, 0.5) is 5.95 Å². The number of halogens is 1. The third-order valence-corrected chi connectivity index (χ3v) is 3.50. The minimum absolute atomic E-state index is 0.643. The van der Waals surface area contributed by atoms with Crippen molar-refractivity contribution in [1.82, 2.24) is 9.55 Å². The van der Waals surface area contributed by atoms with Crippen molar-refractivity contribution in [2.24, 2.45) is 7.05 Å². The van der Waals surface area contributed by atoms with Gasteiger partial charge in [0.15, 0.2) is 0 Å². The molecule has 0 bridgehead atoms. The molecule has 0 unspecified atom stereocenters. The SMILES string of the molecule is Cn1c(N(CCCl)C2CC2)nc2ccccc21. The number of rotatable bonds is 4. The van der Waals surface area contributed by atoms with Crippen LogP contribution in [0.5, 0.6) is 0 Å². The van der Waals surface area contributed by atoms with Crippen LogP contribution in [0, 0.1) is 0 Å². The highest BCUT2D eigenvalue weighted by Crippen LogP contribution is 2.32. The lowest BCUT2D eigenvalue weighted by atomic mass is 10.3. The Morgan fingerprint density at radius 2 is 2.18 bits per heavy atom. The summed E-state index contributed by atoms with van der Waals surface area (Å²) in [5.74, 6) is 1.70. The molecular weight excluding hydrogens is 234 g/mol. The van der Waals surface area contributed by atoms with Gasteiger partial charge in [0.1, 0.15) is 0 Å². The van der Waals surface area contributed by atoms with Gasteiger partial charge in [-0.3, -0.25) is 0 Å². The maximum Gasteiger partial charge on any atom is 0.206 e. The average Bonchev–Trinajstić information content (AvgIpc) is 3.13. The summed E-state index contributed by atoms with van der Waals surface area (Å²) in [6.07, 6.45) is 2.53. The molecular formula is C13H16ClN3. The molecule has 1 aromatic heterocycles. The van der Waals surface area contributed by atoms with Crippen LogP contribution in [-0.2, 0) is 7.05 Å². The fraction of sp³-hybridized carbons (Fsp3) is 0.462. The number of hydrogen-bond donors (Lipinski definition) is 0. The van der Waals surface area contributed by atoms with Crippen LogP contribution in [0.25, 0.3) is 11.0 Å². The minimum atomic E-state index is 0.643. The molecule has 0 saturated heterocycles. The van der Waals surface area contributed by atoms with Gasteiger partial charge in [-0.2, -0.15) is 0 Å². The van der Waals surface area contributed by atoms with E-state index in [1.54, 1.807) is 0 Å². The van der Waals surface area contributed by atoms with E-state index in [9.17, 15) is 0 Å². The van der Waals surface area contributed by atoms with Gasteiger partial charge in [-0.1, -0.05) is 12.1 Å². The number of imidazole rings is 1. The van der Waals surface area contributed by atoms with E-state index in [2.05, 4.69) is 34.7 Å². The predicted molar refractivity (Wildman–Crippen MR) is 71.8 cm³/mol. The maximum atomic E-state index is 5.89. The van der Waals surface area contributed by atoms with Crippen molar-refractivity contribution in [2.75, 3.05) is 17.3 Å². The summed E-state index contributed by atoms with van der Waals surface area (Å²) in [7, 11) is 2.08. The molecule has 1 aliphatic rings. The molecule has 1 aromatic carbocycles. The predicted octanol–water partition coefficient (Wildman–Crippen LogP) is 2.78. The number of hydrogen-bond acceptors (Lipinski definition) is 2. The van der Waals surface area contributed by atoms with Crippen LogP contribution in [0.15, 0.2) is 24.3 Å². The third kappa shape index (κ3) is 1.89. The second-order valence-corrected chi connectivity index (χ2v) is 4.95. The molecule has 90 valence electrons. The van der Waals surface area contributed by atoms with Crippen LogP contribution in [0.2, 0.25) is 0 Å². The van der Waals surface area contributed by atoms with Crippen LogP contribution >= 0.6 is 11.6 Å². The summed E-state index contributed by atoms with van der Waals surface area (Å²) in [5.41, 5.74) is 2.24. The summed E-state index contributed by atoms with van der Waals surface area (Å²) in [4.78, 5) is 7.06. The first-order chi connectivity index (χ1) is 8.31. The smallest absolute Gasteiger partial charge is 0.206 e. The topological polar surface area (TPSA) is 21.1 Å². The summed E-state index contributed by atoms with van der Waals surface area (Å²) in [5, 5.41) is 0. The Labute approximate surface area is 106 Å². The molecule has 1 heterocycles. The molecule has 0 N–H and O–H groups in total. The molecule has 0 aliphatic heterocycles. The zero-order chi connectivity index (χ0) is 11.8. The first-order valence-corrected chi connectivity index (χ1v) is 6.59. The van der Waals surface area contributed by atoms with Gasteiger partial charge in [-0.15, -0.1) is 11.6 Å². The number of nitrogens with zero attached hydrogens (tertiary/aromatic N) is 3. The molecule has 1 saturated carbocycles. The summed E-state index contributed by atoms with van der Waals surface area (Å²) < 4.78 is 2.17. The fourth-order valence-corrected chi connectivity index (χ4v) is 2.49. The number of para-hydroxylation sites is 2. The van der Waals surface area contributed by atoms with E-state index in [0.29, 0.717) is 11.9 Å². The van der Waals surface area contributed by atoms with E-state index in [1.165, 1.54) is 18.4 Å². The molecule has 1 aliphatic carbocycles. The molecule has 0 atom stereocenters. The van der Waals surface area contributed by atoms with Crippen LogP contribution in [0.3, 0.4) is 0 Å². The van der Waals surface area contributed by atoms with Gasteiger partial charge in [0.2, 0.25) is 5.95 Å². The van der Waals surface area contributed by atoms with Crippen molar-refractivity contribution in [3.63, 3.8) is 0 Å². The molecule has 2 aromatic rings. The quantitative estimate of drug-likeness (QED) is 0.777. The number of aryl methyl sites for hydroxylation is 1. The largest absolute Gasteiger partial charge is 0.338 e. The Balaban J connectivity index is 2.05. The molecule has 0 radical (unpaired) electrons. The van der Waals surface area contributed by atoms with E-state index >= 15 is 0 Å². The zero-order valence-corrected chi connectivity index (χ0v) is 10.7. The van der Waals surface area contributed by atoms with Crippen molar-refractivity contribution in [2.45, 2.75) is 18.9 Å². The van der Waals surface area contributed by atoms with Crippen LogP contribution in [-0.4, -0.2) is 28.0 Å². The standard InChI is InChI=1S/C13H16ClN3/c1-16-12-5-3-2-4-11(12)15-13(16)17(9-8-14)10-6-7-10/h2-5,10H,6-9H2,1H3. The molecule has 0 spiro atoms. The summed E-state index contributed by atoms with van der Waals surface area (Å²) in [6, 6.07) is 8.89.